The second kappa shape index (κ2) is 5.51. The van der Waals surface area contributed by atoms with E-state index in [1.54, 1.807) is 29.2 Å². The molecule has 1 saturated carbocycles. The fourth-order valence-electron chi connectivity index (χ4n) is 2.75. The number of carbonyl (C=O) groups is 2. The molecule has 0 unspecified atom stereocenters. The predicted molar refractivity (Wildman–Crippen MR) is 74.7 cm³/mol. The van der Waals surface area contributed by atoms with Gasteiger partial charge < -0.3 is 10.4 Å². The van der Waals surface area contributed by atoms with E-state index < -0.39 is 5.97 Å². The number of hydrogen-bond acceptors (Lipinski definition) is 4. The molecule has 1 aliphatic rings. The summed E-state index contributed by atoms with van der Waals surface area (Å²) in [7, 11) is 0. The van der Waals surface area contributed by atoms with E-state index >= 15 is 0 Å². The zero-order valence-corrected chi connectivity index (χ0v) is 11.4. The van der Waals surface area contributed by atoms with E-state index in [-0.39, 0.29) is 17.7 Å². The number of carboxylic acids is 1. The Kier molecular flexibility index (Phi) is 3.55. The van der Waals surface area contributed by atoms with E-state index in [9.17, 15) is 9.59 Å². The molecule has 3 rings (SSSR count). The van der Waals surface area contributed by atoms with Crippen molar-refractivity contribution in [3.63, 3.8) is 0 Å². The van der Waals surface area contributed by atoms with E-state index in [2.05, 4.69) is 15.4 Å². The van der Waals surface area contributed by atoms with Crippen LogP contribution < -0.4 is 5.32 Å². The number of carboxylic acid groups (broad SMARTS) is 1. The van der Waals surface area contributed by atoms with Gasteiger partial charge in [0.05, 0.1) is 12.1 Å². The Labute approximate surface area is 121 Å². The molecule has 0 saturated heterocycles. The smallest absolute Gasteiger partial charge is 0.306 e. The number of nitrogens with one attached hydrogen (secondary N) is 1. The van der Waals surface area contributed by atoms with Crippen LogP contribution in [0, 0.1) is 11.8 Å². The van der Waals surface area contributed by atoms with Crippen LogP contribution >= 0.6 is 0 Å². The van der Waals surface area contributed by atoms with Crippen molar-refractivity contribution < 1.29 is 14.7 Å². The highest BCUT2D eigenvalue weighted by atomic mass is 16.4. The minimum absolute atomic E-state index is 0.0839. The topological polar surface area (TPSA) is 96.6 Å². The first-order valence-electron chi connectivity index (χ1n) is 6.97. The fraction of sp³-hybridized carbons (Fsp3) is 0.429. The van der Waals surface area contributed by atoms with Crippen molar-refractivity contribution >= 4 is 23.2 Å². The number of aliphatic carboxylic acids is 1. The minimum Gasteiger partial charge on any atom is -0.481 e. The van der Waals surface area contributed by atoms with Crippen LogP contribution in [0.3, 0.4) is 0 Å². The van der Waals surface area contributed by atoms with E-state index in [0.717, 1.165) is 0 Å². The number of aromatic nitrogens is 3. The van der Waals surface area contributed by atoms with Crippen molar-refractivity contribution in [1.29, 1.82) is 0 Å². The highest BCUT2D eigenvalue weighted by Crippen LogP contribution is 2.30. The van der Waals surface area contributed by atoms with Gasteiger partial charge in [-0.2, -0.15) is 5.10 Å². The Morgan fingerprint density at radius 3 is 2.67 bits per heavy atom. The zero-order chi connectivity index (χ0) is 14.8. The summed E-state index contributed by atoms with van der Waals surface area (Å²) >= 11 is 0. The van der Waals surface area contributed by atoms with Crippen molar-refractivity contribution in [2.24, 2.45) is 11.8 Å². The molecule has 2 heterocycles. The Balaban J connectivity index is 1.66. The van der Waals surface area contributed by atoms with Gasteiger partial charge in [0.25, 0.3) is 0 Å². The van der Waals surface area contributed by atoms with Gasteiger partial charge in [0.15, 0.2) is 5.65 Å². The molecular formula is C14H16N4O3. The van der Waals surface area contributed by atoms with Crippen LogP contribution in [0.15, 0.2) is 24.7 Å². The second-order valence-corrected chi connectivity index (χ2v) is 5.32. The molecular weight excluding hydrogens is 272 g/mol. The number of hydrogen-bond donors (Lipinski definition) is 2. The van der Waals surface area contributed by atoms with Gasteiger partial charge in [-0.1, -0.05) is 0 Å². The minimum atomic E-state index is -0.763. The van der Waals surface area contributed by atoms with Gasteiger partial charge >= 0.3 is 5.97 Å². The van der Waals surface area contributed by atoms with Crippen molar-refractivity contribution in [2.45, 2.75) is 25.7 Å². The zero-order valence-electron chi connectivity index (χ0n) is 11.4. The van der Waals surface area contributed by atoms with Gasteiger partial charge in [-0.3, -0.25) is 9.59 Å². The molecule has 7 heteroatoms. The van der Waals surface area contributed by atoms with Gasteiger partial charge in [0, 0.05) is 18.3 Å². The molecule has 110 valence electrons. The van der Waals surface area contributed by atoms with E-state index in [0.29, 0.717) is 37.0 Å². The van der Waals surface area contributed by atoms with Gasteiger partial charge in [-0.15, -0.1) is 0 Å². The van der Waals surface area contributed by atoms with Crippen LogP contribution in [-0.4, -0.2) is 31.6 Å². The Morgan fingerprint density at radius 2 is 1.95 bits per heavy atom. The molecule has 21 heavy (non-hydrogen) atoms. The Hall–Kier alpha value is -2.44. The number of fused-ring (bicyclic) bond motifs is 1. The molecule has 2 aromatic heterocycles. The molecule has 0 atom stereocenters. The van der Waals surface area contributed by atoms with Gasteiger partial charge in [0.2, 0.25) is 5.91 Å². The van der Waals surface area contributed by atoms with E-state index in [1.807, 2.05) is 0 Å². The summed E-state index contributed by atoms with van der Waals surface area (Å²) in [4.78, 5) is 27.4. The molecule has 0 aromatic carbocycles. The number of anilines is 1. The van der Waals surface area contributed by atoms with Gasteiger partial charge in [-0.25, -0.2) is 9.50 Å². The third-order valence-electron chi connectivity index (χ3n) is 3.98. The SMILES string of the molecule is O=C(O)C1CCC(C(=O)Nc2cnn3cccnc23)CC1. The number of nitrogens with zero attached hydrogens (tertiary/aromatic N) is 3. The molecule has 0 spiro atoms. The second-order valence-electron chi connectivity index (χ2n) is 5.32. The summed E-state index contributed by atoms with van der Waals surface area (Å²) in [5.41, 5.74) is 1.19. The highest BCUT2D eigenvalue weighted by molar-refractivity contribution is 5.95. The number of amides is 1. The molecule has 1 fully saturated rings. The number of carbonyl (C=O) groups excluding carboxylic acids is 1. The summed E-state index contributed by atoms with van der Waals surface area (Å²) in [5.74, 6) is -1.30. The van der Waals surface area contributed by atoms with Crippen LogP contribution in [0.1, 0.15) is 25.7 Å². The summed E-state index contributed by atoms with van der Waals surface area (Å²) in [5, 5.41) is 15.9. The first-order valence-corrected chi connectivity index (χ1v) is 6.97. The van der Waals surface area contributed by atoms with Crippen molar-refractivity contribution in [1.82, 2.24) is 14.6 Å². The highest BCUT2D eigenvalue weighted by Gasteiger charge is 2.30. The quantitative estimate of drug-likeness (QED) is 0.893. The molecule has 1 amide bonds. The molecule has 0 bridgehead atoms. The molecule has 0 radical (unpaired) electrons. The standard InChI is InChI=1S/C14H16N4O3/c19-13(9-2-4-10(5-3-9)14(20)21)17-11-8-16-18-7-1-6-15-12(11)18/h1,6-10H,2-5H2,(H,17,19)(H,20,21). The Morgan fingerprint density at radius 1 is 1.24 bits per heavy atom. The lowest BCUT2D eigenvalue weighted by atomic mass is 9.81. The monoisotopic (exact) mass is 288 g/mol. The lowest BCUT2D eigenvalue weighted by Gasteiger charge is -2.24. The van der Waals surface area contributed by atoms with Gasteiger partial charge in [0.1, 0.15) is 5.69 Å². The number of rotatable bonds is 3. The van der Waals surface area contributed by atoms with Crippen molar-refractivity contribution in [3.8, 4) is 0 Å². The normalized spacial score (nSPS) is 22.1. The summed E-state index contributed by atoms with van der Waals surface area (Å²) < 4.78 is 1.59. The van der Waals surface area contributed by atoms with Crippen LogP contribution in [0.5, 0.6) is 0 Å². The molecule has 2 N–H and O–H groups in total. The Bertz CT molecular complexity index is 674. The predicted octanol–water partition coefficient (Wildman–Crippen LogP) is 1.56. The van der Waals surface area contributed by atoms with Crippen LogP contribution in [0.4, 0.5) is 5.69 Å². The molecule has 2 aromatic rings. The largest absolute Gasteiger partial charge is 0.481 e. The third-order valence-corrected chi connectivity index (χ3v) is 3.98. The summed E-state index contributed by atoms with van der Waals surface area (Å²) in [6.07, 6.45) is 7.30. The third kappa shape index (κ3) is 2.72. The molecule has 1 aliphatic carbocycles. The average Bonchev–Trinajstić information content (AvgIpc) is 2.91. The lowest BCUT2D eigenvalue weighted by molar-refractivity contribution is -0.143. The average molecular weight is 288 g/mol. The fourth-order valence-corrected chi connectivity index (χ4v) is 2.75. The van der Waals surface area contributed by atoms with Crippen molar-refractivity contribution in [3.05, 3.63) is 24.7 Å². The van der Waals surface area contributed by atoms with Crippen LogP contribution in [0.2, 0.25) is 0 Å². The van der Waals surface area contributed by atoms with Gasteiger partial charge in [-0.05, 0) is 31.7 Å². The maximum atomic E-state index is 12.3. The maximum Gasteiger partial charge on any atom is 0.306 e. The summed E-state index contributed by atoms with van der Waals surface area (Å²) in [6, 6.07) is 1.76. The van der Waals surface area contributed by atoms with E-state index in [4.69, 9.17) is 5.11 Å². The first kappa shape index (κ1) is 13.5. The van der Waals surface area contributed by atoms with E-state index in [1.165, 1.54) is 0 Å². The van der Waals surface area contributed by atoms with Crippen LogP contribution in [0.25, 0.3) is 5.65 Å². The summed E-state index contributed by atoms with van der Waals surface area (Å²) in [6.45, 7) is 0. The molecule has 0 aliphatic heterocycles. The maximum absolute atomic E-state index is 12.3. The van der Waals surface area contributed by atoms with Crippen molar-refractivity contribution in [2.75, 3.05) is 5.32 Å². The van der Waals surface area contributed by atoms with Crippen LogP contribution in [-0.2, 0) is 9.59 Å². The molecule has 7 nitrogen and oxygen atoms in total. The lowest BCUT2D eigenvalue weighted by Crippen LogP contribution is -2.29. The first-order chi connectivity index (χ1) is 10.1.